The Bertz CT molecular complexity index is 183. The third-order valence-electron chi connectivity index (χ3n) is 0.776. The normalized spacial score (nSPS) is 8.00. The first-order valence-electron chi connectivity index (χ1n) is 2.90. The molecule has 0 bridgehead atoms. The quantitative estimate of drug-likeness (QED) is 0.281. The number of carbonyl (C=O) groups excluding carboxylic acids is 1. The van der Waals surface area contributed by atoms with Crippen molar-refractivity contribution in [2.45, 2.75) is 0 Å². The highest BCUT2D eigenvalue weighted by Gasteiger charge is 2.08. The summed E-state index contributed by atoms with van der Waals surface area (Å²) in [7, 11) is 0. The fourth-order valence-corrected chi connectivity index (χ4v) is 0.356. The monoisotopic (exact) mass is 155 g/mol. The van der Waals surface area contributed by atoms with E-state index in [1.807, 2.05) is 0 Å². The lowest BCUT2D eigenvalue weighted by molar-refractivity contribution is -0.0613. The van der Waals surface area contributed by atoms with E-state index in [4.69, 9.17) is 11.6 Å². The van der Waals surface area contributed by atoms with Gasteiger partial charge in [-0.2, -0.15) is 5.06 Å². The average molecular weight is 155 g/mol. The van der Waals surface area contributed by atoms with E-state index in [1.165, 1.54) is 6.08 Å². The second-order valence-corrected chi connectivity index (χ2v) is 1.63. The van der Waals surface area contributed by atoms with Gasteiger partial charge in [0.15, 0.2) is 0 Å². The Morgan fingerprint density at radius 3 is 3.00 bits per heavy atom. The highest BCUT2D eigenvalue weighted by atomic mass is 16.6. The van der Waals surface area contributed by atoms with Gasteiger partial charge in [0.25, 0.3) is 0 Å². The highest BCUT2D eigenvalue weighted by Crippen LogP contribution is 1.87. The van der Waals surface area contributed by atoms with Crippen molar-refractivity contribution in [2.75, 3.05) is 13.2 Å². The molecular formula is C7H9NO3. The van der Waals surface area contributed by atoms with Gasteiger partial charge in [-0.3, -0.25) is 5.21 Å². The minimum Gasteiger partial charge on any atom is -0.444 e. The lowest BCUT2D eigenvalue weighted by atomic mass is 10.6. The third kappa shape index (κ3) is 4.00. The molecule has 0 rings (SSSR count). The van der Waals surface area contributed by atoms with Crippen molar-refractivity contribution in [3.63, 3.8) is 0 Å². The molecule has 1 amide bonds. The molecule has 4 nitrogen and oxygen atoms in total. The predicted octanol–water partition coefficient (Wildman–Crippen LogP) is 0.633. The first-order valence-corrected chi connectivity index (χ1v) is 2.90. The van der Waals surface area contributed by atoms with Crippen LogP contribution in [-0.4, -0.2) is 29.5 Å². The van der Waals surface area contributed by atoms with Crippen LogP contribution in [0.2, 0.25) is 0 Å². The summed E-state index contributed by atoms with van der Waals surface area (Å²) in [5.41, 5.74) is 0. The van der Waals surface area contributed by atoms with E-state index < -0.39 is 6.09 Å². The van der Waals surface area contributed by atoms with Gasteiger partial charge in [0.2, 0.25) is 0 Å². The van der Waals surface area contributed by atoms with Gasteiger partial charge in [-0.25, -0.2) is 4.79 Å². The number of hydrogen-bond acceptors (Lipinski definition) is 3. The summed E-state index contributed by atoms with van der Waals surface area (Å²) >= 11 is 0. The molecule has 0 radical (unpaired) electrons. The first-order chi connectivity index (χ1) is 5.22. The second kappa shape index (κ2) is 5.33. The van der Waals surface area contributed by atoms with Crippen molar-refractivity contribution in [1.29, 1.82) is 0 Å². The third-order valence-corrected chi connectivity index (χ3v) is 0.776. The molecule has 0 aromatic carbocycles. The van der Waals surface area contributed by atoms with Crippen LogP contribution in [0.15, 0.2) is 12.7 Å². The highest BCUT2D eigenvalue weighted by molar-refractivity contribution is 5.66. The molecule has 4 heteroatoms. The molecule has 11 heavy (non-hydrogen) atoms. The molecule has 0 unspecified atom stereocenters. The predicted molar refractivity (Wildman–Crippen MR) is 38.9 cm³/mol. The number of terminal acetylenes is 1. The van der Waals surface area contributed by atoms with Crippen molar-refractivity contribution in [3.05, 3.63) is 12.7 Å². The lowest BCUT2D eigenvalue weighted by Crippen LogP contribution is -2.28. The molecule has 0 saturated heterocycles. The summed E-state index contributed by atoms with van der Waals surface area (Å²) < 4.78 is 4.43. The van der Waals surface area contributed by atoms with Gasteiger partial charge in [0.05, 0.1) is 0 Å². The number of nitrogens with zero attached hydrogens (tertiary/aromatic N) is 1. The Balaban J connectivity index is 3.65. The van der Waals surface area contributed by atoms with Crippen LogP contribution in [0.5, 0.6) is 0 Å². The van der Waals surface area contributed by atoms with Crippen molar-refractivity contribution in [3.8, 4) is 12.3 Å². The number of hydroxylamine groups is 2. The van der Waals surface area contributed by atoms with Crippen LogP contribution >= 0.6 is 0 Å². The lowest BCUT2D eigenvalue weighted by Gasteiger charge is -2.09. The van der Waals surface area contributed by atoms with Crippen LogP contribution in [0, 0.1) is 12.3 Å². The molecule has 0 aliphatic rings. The van der Waals surface area contributed by atoms with Crippen molar-refractivity contribution < 1.29 is 14.7 Å². The Morgan fingerprint density at radius 1 is 1.91 bits per heavy atom. The molecule has 1 N–H and O–H groups in total. The van der Waals surface area contributed by atoms with Crippen molar-refractivity contribution in [2.24, 2.45) is 0 Å². The van der Waals surface area contributed by atoms with E-state index in [-0.39, 0.29) is 13.2 Å². The molecule has 60 valence electrons. The Kier molecular flexibility index (Phi) is 4.61. The second-order valence-electron chi connectivity index (χ2n) is 1.63. The van der Waals surface area contributed by atoms with Gasteiger partial charge in [-0.15, -0.1) is 6.42 Å². The van der Waals surface area contributed by atoms with Gasteiger partial charge in [-0.05, 0) is 0 Å². The Labute approximate surface area is 65.0 Å². The fraction of sp³-hybridized carbons (Fsp3) is 0.286. The SMILES string of the molecule is C#CCN(O)C(=O)OCC=C. The molecule has 0 spiro atoms. The van der Waals surface area contributed by atoms with Crippen LogP contribution in [-0.2, 0) is 4.74 Å². The number of rotatable bonds is 3. The number of carbonyl (C=O) groups is 1. The van der Waals surface area contributed by atoms with Gasteiger partial charge in [-0.1, -0.05) is 18.6 Å². The minimum absolute atomic E-state index is 0.0560. The summed E-state index contributed by atoms with van der Waals surface area (Å²) in [5, 5.41) is 9.04. The summed E-state index contributed by atoms with van der Waals surface area (Å²) in [5.74, 6) is 2.07. The van der Waals surface area contributed by atoms with Gasteiger partial charge < -0.3 is 4.74 Å². The topological polar surface area (TPSA) is 49.8 Å². The van der Waals surface area contributed by atoms with E-state index in [1.54, 1.807) is 0 Å². The van der Waals surface area contributed by atoms with Crippen LogP contribution in [0.3, 0.4) is 0 Å². The molecule has 0 aromatic heterocycles. The van der Waals surface area contributed by atoms with E-state index >= 15 is 0 Å². The fourth-order valence-electron chi connectivity index (χ4n) is 0.356. The van der Waals surface area contributed by atoms with Crippen molar-refractivity contribution >= 4 is 6.09 Å². The summed E-state index contributed by atoms with van der Waals surface area (Å²) in [4.78, 5) is 10.6. The summed E-state index contributed by atoms with van der Waals surface area (Å²) in [6, 6.07) is 0. The maximum atomic E-state index is 10.6. The number of ether oxygens (including phenoxy) is 1. The summed E-state index contributed by atoms with van der Waals surface area (Å²) in [6.45, 7) is 3.19. The molecule has 0 aromatic rings. The van der Waals surface area contributed by atoms with Crippen LogP contribution < -0.4 is 0 Å². The average Bonchev–Trinajstić information content (AvgIpc) is 2.00. The van der Waals surface area contributed by atoms with E-state index in [0.29, 0.717) is 5.06 Å². The van der Waals surface area contributed by atoms with E-state index in [9.17, 15) is 4.79 Å². The maximum Gasteiger partial charge on any atom is 0.434 e. The number of hydrogen-bond donors (Lipinski definition) is 1. The van der Waals surface area contributed by atoms with Gasteiger partial charge >= 0.3 is 6.09 Å². The molecule has 0 saturated carbocycles. The molecule has 0 atom stereocenters. The maximum absolute atomic E-state index is 10.6. The van der Waals surface area contributed by atoms with Crippen LogP contribution in [0.1, 0.15) is 0 Å². The Morgan fingerprint density at radius 2 is 2.55 bits per heavy atom. The van der Waals surface area contributed by atoms with Gasteiger partial charge in [0, 0.05) is 0 Å². The Hall–Kier alpha value is -1.47. The zero-order valence-electron chi connectivity index (χ0n) is 5.99. The zero-order valence-corrected chi connectivity index (χ0v) is 5.99. The summed E-state index contributed by atoms with van der Waals surface area (Å²) in [6.07, 6.45) is 5.33. The molecular weight excluding hydrogens is 146 g/mol. The smallest absolute Gasteiger partial charge is 0.434 e. The molecule has 0 aliphatic heterocycles. The largest absolute Gasteiger partial charge is 0.444 e. The number of amides is 1. The van der Waals surface area contributed by atoms with Crippen LogP contribution in [0.4, 0.5) is 4.79 Å². The zero-order chi connectivity index (χ0) is 8.69. The molecule has 0 fully saturated rings. The van der Waals surface area contributed by atoms with E-state index in [2.05, 4.69) is 17.2 Å². The van der Waals surface area contributed by atoms with E-state index in [0.717, 1.165) is 0 Å². The first kappa shape index (κ1) is 9.53. The molecule has 0 heterocycles. The van der Waals surface area contributed by atoms with Gasteiger partial charge in [0.1, 0.15) is 13.2 Å². The van der Waals surface area contributed by atoms with Crippen LogP contribution in [0.25, 0.3) is 0 Å². The standard InChI is InChI=1S/C7H9NO3/c1-3-5-8(10)7(9)11-6-4-2/h1,4,10H,2,5-6H2. The minimum atomic E-state index is -0.872. The van der Waals surface area contributed by atoms with Crippen molar-refractivity contribution in [1.82, 2.24) is 5.06 Å². The molecule has 0 aliphatic carbocycles.